The first kappa shape index (κ1) is 23.8. The molecule has 4 rings (SSSR count). The van der Waals surface area contributed by atoms with Crippen molar-refractivity contribution in [2.24, 2.45) is 5.92 Å². The highest BCUT2D eigenvalue weighted by molar-refractivity contribution is 7.89. The largest absolute Gasteiger partial charge is 0.448 e. The van der Waals surface area contributed by atoms with Gasteiger partial charge in [-0.3, -0.25) is 4.90 Å². The molecular formula is C23H34ClN3O4S. The van der Waals surface area contributed by atoms with Gasteiger partial charge in [0.2, 0.25) is 10.0 Å². The topological polar surface area (TPSA) is 70.2 Å². The summed E-state index contributed by atoms with van der Waals surface area (Å²) in [6, 6.07) is 6.44. The molecule has 1 saturated carbocycles. The third-order valence-electron chi connectivity index (χ3n) is 6.98. The lowest BCUT2D eigenvalue weighted by molar-refractivity contribution is 0.0427. The Balaban J connectivity index is 1.45. The molecule has 0 aromatic heterocycles. The van der Waals surface area contributed by atoms with Crippen LogP contribution in [0, 0.1) is 5.92 Å². The molecule has 7 nitrogen and oxygen atoms in total. The molecule has 178 valence electrons. The standard InChI is InChI=1S/C23H34ClN3O4S/c1-17(2)25-12-14-26(15-13-25)23(28)31-16-20-4-3-5-22(18-6-7-18)27(20)32(29,30)21-10-8-19(24)9-11-21/h8-11,17-18,20,22H,3-7,12-16H2,1-2H3/t20-,22+/m1/s1. The van der Waals surface area contributed by atoms with Crippen LogP contribution in [0.25, 0.3) is 0 Å². The van der Waals surface area contributed by atoms with Crippen LogP contribution in [0.1, 0.15) is 46.0 Å². The van der Waals surface area contributed by atoms with Gasteiger partial charge in [-0.15, -0.1) is 0 Å². The number of nitrogens with zero attached hydrogens (tertiary/aromatic N) is 3. The van der Waals surface area contributed by atoms with Gasteiger partial charge in [0.15, 0.2) is 0 Å². The van der Waals surface area contributed by atoms with Gasteiger partial charge in [-0.2, -0.15) is 4.31 Å². The van der Waals surface area contributed by atoms with Gasteiger partial charge in [-0.05, 0) is 69.7 Å². The van der Waals surface area contributed by atoms with Crippen LogP contribution in [0.2, 0.25) is 5.02 Å². The van der Waals surface area contributed by atoms with Crippen molar-refractivity contribution < 1.29 is 17.9 Å². The maximum atomic E-state index is 13.6. The zero-order valence-corrected chi connectivity index (χ0v) is 20.5. The molecule has 0 bridgehead atoms. The number of halogens is 1. The molecule has 2 atom stereocenters. The van der Waals surface area contributed by atoms with Crippen LogP contribution in [0.4, 0.5) is 4.79 Å². The van der Waals surface area contributed by atoms with Crippen LogP contribution in [0.5, 0.6) is 0 Å². The van der Waals surface area contributed by atoms with Gasteiger partial charge in [0.05, 0.1) is 10.9 Å². The Morgan fingerprint density at radius 2 is 1.72 bits per heavy atom. The van der Waals surface area contributed by atoms with Crippen molar-refractivity contribution in [1.82, 2.24) is 14.1 Å². The molecule has 1 aromatic carbocycles. The number of hydrogen-bond donors (Lipinski definition) is 0. The minimum absolute atomic E-state index is 0.0253. The Morgan fingerprint density at radius 1 is 1.06 bits per heavy atom. The highest BCUT2D eigenvalue weighted by Crippen LogP contribution is 2.43. The molecule has 3 aliphatic rings. The predicted molar refractivity (Wildman–Crippen MR) is 124 cm³/mol. The van der Waals surface area contributed by atoms with Crippen molar-refractivity contribution in [2.75, 3.05) is 32.8 Å². The lowest BCUT2D eigenvalue weighted by Gasteiger charge is -2.41. The lowest BCUT2D eigenvalue weighted by Crippen LogP contribution is -2.54. The molecule has 1 aromatic rings. The Morgan fingerprint density at radius 3 is 2.31 bits per heavy atom. The predicted octanol–water partition coefficient (Wildman–Crippen LogP) is 3.82. The minimum Gasteiger partial charge on any atom is -0.448 e. The van der Waals surface area contributed by atoms with Crippen molar-refractivity contribution in [1.29, 1.82) is 0 Å². The van der Waals surface area contributed by atoms with E-state index in [1.54, 1.807) is 33.5 Å². The van der Waals surface area contributed by atoms with Gasteiger partial charge in [-0.1, -0.05) is 18.0 Å². The molecule has 0 spiro atoms. The lowest BCUT2D eigenvalue weighted by atomic mass is 9.96. The van der Waals surface area contributed by atoms with Gasteiger partial charge in [0.1, 0.15) is 6.61 Å². The first-order chi connectivity index (χ1) is 15.3. The van der Waals surface area contributed by atoms with Crippen LogP contribution in [-0.4, -0.2) is 79.5 Å². The molecule has 1 aliphatic carbocycles. The third-order valence-corrected chi connectivity index (χ3v) is 9.23. The van der Waals surface area contributed by atoms with E-state index >= 15 is 0 Å². The van der Waals surface area contributed by atoms with Crippen molar-refractivity contribution >= 4 is 27.7 Å². The van der Waals surface area contributed by atoms with E-state index in [0.717, 1.165) is 38.8 Å². The first-order valence-corrected chi connectivity index (χ1v) is 13.5. The second kappa shape index (κ2) is 9.87. The second-order valence-corrected chi connectivity index (χ2v) is 11.8. The maximum Gasteiger partial charge on any atom is 0.409 e. The summed E-state index contributed by atoms with van der Waals surface area (Å²) in [5.41, 5.74) is 0. The fourth-order valence-electron chi connectivity index (χ4n) is 4.95. The Labute approximate surface area is 196 Å². The number of hydrogen-bond acceptors (Lipinski definition) is 5. The van der Waals surface area contributed by atoms with Crippen LogP contribution >= 0.6 is 11.6 Å². The molecule has 2 aliphatic heterocycles. The monoisotopic (exact) mass is 483 g/mol. The Bertz CT molecular complexity index is 896. The van der Waals surface area contributed by atoms with Gasteiger partial charge >= 0.3 is 6.09 Å². The van der Waals surface area contributed by atoms with E-state index in [1.165, 1.54) is 0 Å². The van der Waals surface area contributed by atoms with E-state index in [0.29, 0.717) is 36.5 Å². The van der Waals surface area contributed by atoms with Crippen LogP contribution < -0.4 is 0 Å². The van der Waals surface area contributed by atoms with Gasteiger partial charge < -0.3 is 9.64 Å². The summed E-state index contributed by atoms with van der Waals surface area (Å²) in [7, 11) is -3.71. The fraction of sp³-hybridized carbons (Fsp3) is 0.696. The van der Waals surface area contributed by atoms with Crippen LogP contribution in [0.15, 0.2) is 29.2 Å². The van der Waals surface area contributed by atoms with E-state index in [1.807, 2.05) is 0 Å². The smallest absolute Gasteiger partial charge is 0.409 e. The molecule has 32 heavy (non-hydrogen) atoms. The molecule has 2 saturated heterocycles. The molecule has 1 amide bonds. The summed E-state index contributed by atoms with van der Waals surface area (Å²) >= 11 is 5.98. The number of sulfonamides is 1. The van der Waals surface area contributed by atoms with E-state index in [2.05, 4.69) is 18.7 Å². The summed E-state index contributed by atoms with van der Waals surface area (Å²) in [5.74, 6) is 0.402. The molecular weight excluding hydrogens is 450 g/mol. The van der Waals surface area contributed by atoms with E-state index in [4.69, 9.17) is 16.3 Å². The summed E-state index contributed by atoms with van der Waals surface area (Å²) in [5, 5.41) is 0.504. The van der Waals surface area contributed by atoms with Crippen molar-refractivity contribution in [3.63, 3.8) is 0 Å². The molecule has 0 radical (unpaired) electrons. The van der Waals surface area contributed by atoms with Gasteiger partial charge in [-0.25, -0.2) is 13.2 Å². The number of carbonyl (C=O) groups excluding carboxylic acids is 1. The highest BCUT2D eigenvalue weighted by Gasteiger charge is 2.46. The number of piperazine rings is 1. The molecule has 0 N–H and O–H groups in total. The van der Waals surface area contributed by atoms with Gasteiger partial charge in [0.25, 0.3) is 0 Å². The second-order valence-electron chi connectivity index (χ2n) is 9.47. The number of carbonyl (C=O) groups is 1. The number of rotatable bonds is 6. The highest BCUT2D eigenvalue weighted by atomic mass is 35.5. The summed E-state index contributed by atoms with van der Waals surface area (Å²) in [6.07, 6.45) is 4.28. The summed E-state index contributed by atoms with van der Waals surface area (Å²) < 4.78 is 34.6. The number of ether oxygens (including phenoxy) is 1. The van der Waals surface area contributed by atoms with Crippen molar-refractivity contribution in [3.8, 4) is 0 Å². The first-order valence-electron chi connectivity index (χ1n) is 11.7. The summed E-state index contributed by atoms with van der Waals surface area (Å²) in [4.78, 5) is 17.0. The molecule has 3 fully saturated rings. The molecule has 9 heteroatoms. The van der Waals surface area contributed by atoms with E-state index in [-0.39, 0.29) is 29.7 Å². The number of amides is 1. The Kier molecular flexibility index (Phi) is 7.34. The average Bonchev–Trinajstić information content (AvgIpc) is 3.63. The summed E-state index contributed by atoms with van der Waals surface area (Å²) in [6.45, 7) is 7.34. The number of benzene rings is 1. The SMILES string of the molecule is CC(C)N1CCN(C(=O)OC[C@H]2CCC[C@@H](C3CC3)N2S(=O)(=O)c2ccc(Cl)cc2)CC1. The van der Waals surface area contributed by atoms with Crippen molar-refractivity contribution in [2.45, 2.75) is 69.0 Å². The number of piperidine rings is 1. The zero-order valence-electron chi connectivity index (χ0n) is 19.0. The van der Waals surface area contributed by atoms with Crippen LogP contribution in [-0.2, 0) is 14.8 Å². The molecule has 2 heterocycles. The van der Waals surface area contributed by atoms with Crippen LogP contribution in [0.3, 0.4) is 0 Å². The van der Waals surface area contributed by atoms with Crippen molar-refractivity contribution in [3.05, 3.63) is 29.3 Å². The zero-order chi connectivity index (χ0) is 22.9. The van der Waals surface area contributed by atoms with Gasteiger partial charge in [0, 0.05) is 43.3 Å². The van der Waals surface area contributed by atoms with E-state index < -0.39 is 10.0 Å². The normalized spacial score (nSPS) is 25.8. The fourth-order valence-corrected chi connectivity index (χ4v) is 6.99. The van der Waals surface area contributed by atoms with E-state index in [9.17, 15) is 13.2 Å². The third kappa shape index (κ3) is 5.24. The average molecular weight is 484 g/mol. The quantitative estimate of drug-likeness (QED) is 0.615. The Hall–Kier alpha value is -1.35. The minimum atomic E-state index is -3.71. The maximum absolute atomic E-state index is 13.6. The molecule has 0 unspecified atom stereocenters.